The molecule has 0 aliphatic rings. The van der Waals surface area contributed by atoms with E-state index in [-0.39, 0.29) is 5.95 Å². The van der Waals surface area contributed by atoms with Crippen LogP contribution in [0.1, 0.15) is 0 Å². The molecule has 0 saturated carbocycles. The smallest absolute Gasteiger partial charge is 0.220 e. The highest BCUT2D eigenvalue weighted by Gasteiger charge is 2.09. The normalized spacial score (nSPS) is 10.7. The molecule has 0 amide bonds. The molecule has 0 aliphatic carbocycles. The number of fused-ring (bicyclic) bond motifs is 1. The first-order valence-electron chi connectivity index (χ1n) is 5.47. The van der Waals surface area contributed by atoms with E-state index in [0.717, 1.165) is 16.3 Å². The maximum absolute atomic E-state index is 5.92. The summed E-state index contributed by atoms with van der Waals surface area (Å²) in [5, 5.41) is 2.07. The fraction of sp³-hybridized carbons (Fsp3) is 0. The molecule has 0 bridgehead atoms. The summed E-state index contributed by atoms with van der Waals surface area (Å²) in [5.41, 5.74) is 13.6. The highest BCUT2D eigenvalue weighted by atomic mass is 15.0. The summed E-state index contributed by atoms with van der Waals surface area (Å²) in [5.74, 6) is 0.213. The number of nitrogen functional groups attached to an aromatic ring is 2. The first-order chi connectivity index (χ1) is 8.75. The summed E-state index contributed by atoms with van der Waals surface area (Å²) in [6, 6.07) is 7.83. The van der Waals surface area contributed by atoms with E-state index in [1.165, 1.54) is 6.20 Å². The zero-order chi connectivity index (χ0) is 12.5. The first-order valence-corrected chi connectivity index (χ1v) is 5.47. The minimum absolute atomic E-state index is 0.213. The highest BCUT2D eigenvalue weighted by molar-refractivity contribution is 5.97. The largest absolute Gasteiger partial charge is 0.396 e. The van der Waals surface area contributed by atoms with Crippen LogP contribution in [0.2, 0.25) is 0 Å². The minimum atomic E-state index is 0.213. The van der Waals surface area contributed by atoms with Crippen LogP contribution in [0.5, 0.6) is 0 Å². The van der Waals surface area contributed by atoms with Gasteiger partial charge < -0.3 is 11.5 Å². The second-order valence-electron chi connectivity index (χ2n) is 3.93. The van der Waals surface area contributed by atoms with Crippen molar-refractivity contribution in [2.75, 3.05) is 11.5 Å². The molecule has 5 heteroatoms. The molecule has 3 aromatic rings. The van der Waals surface area contributed by atoms with Gasteiger partial charge in [0.1, 0.15) is 0 Å². The second-order valence-corrected chi connectivity index (χ2v) is 3.93. The molecule has 2 heterocycles. The molecule has 88 valence electrons. The van der Waals surface area contributed by atoms with Crippen LogP contribution in [0.25, 0.3) is 22.0 Å². The lowest BCUT2D eigenvalue weighted by atomic mass is 10.0. The van der Waals surface area contributed by atoms with E-state index in [0.29, 0.717) is 11.4 Å². The van der Waals surface area contributed by atoms with Crippen molar-refractivity contribution in [3.63, 3.8) is 0 Å². The van der Waals surface area contributed by atoms with Gasteiger partial charge in [0.05, 0.1) is 17.6 Å². The van der Waals surface area contributed by atoms with Crippen molar-refractivity contribution < 1.29 is 0 Å². The number of hydrogen-bond donors (Lipinski definition) is 2. The van der Waals surface area contributed by atoms with Crippen LogP contribution in [0, 0.1) is 0 Å². The van der Waals surface area contributed by atoms with Crippen LogP contribution in [-0.2, 0) is 0 Å². The Hall–Kier alpha value is -2.69. The molecule has 0 fully saturated rings. The van der Waals surface area contributed by atoms with Gasteiger partial charge in [0.25, 0.3) is 0 Å². The van der Waals surface area contributed by atoms with Crippen molar-refractivity contribution in [3.8, 4) is 11.3 Å². The highest BCUT2D eigenvalue weighted by Crippen LogP contribution is 2.30. The molecule has 1 aromatic carbocycles. The van der Waals surface area contributed by atoms with E-state index in [1.54, 1.807) is 12.4 Å². The summed E-state index contributed by atoms with van der Waals surface area (Å²) >= 11 is 0. The summed E-state index contributed by atoms with van der Waals surface area (Å²) in [4.78, 5) is 12.2. The lowest BCUT2D eigenvalue weighted by Crippen LogP contribution is -2.00. The van der Waals surface area contributed by atoms with E-state index in [1.807, 2.05) is 24.3 Å². The topological polar surface area (TPSA) is 90.7 Å². The van der Waals surface area contributed by atoms with Crippen molar-refractivity contribution in [3.05, 3.63) is 42.9 Å². The minimum Gasteiger partial charge on any atom is -0.396 e. The summed E-state index contributed by atoms with van der Waals surface area (Å²) in [7, 11) is 0. The molecule has 4 N–H and O–H groups in total. The van der Waals surface area contributed by atoms with Gasteiger partial charge in [0.2, 0.25) is 5.95 Å². The lowest BCUT2D eigenvalue weighted by molar-refractivity contribution is 1.20. The van der Waals surface area contributed by atoms with Gasteiger partial charge >= 0.3 is 0 Å². The number of anilines is 2. The van der Waals surface area contributed by atoms with Gasteiger partial charge in [-0.25, -0.2) is 9.97 Å². The monoisotopic (exact) mass is 237 g/mol. The molecule has 5 nitrogen and oxygen atoms in total. The summed E-state index contributed by atoms with van der Waals surface area (Å²) in [6.45, 7) is 0. The third-order valence-electron chi connectivity index (χ3n) is 2.77. The first kappa shape index (κ1) is 10.5. The second kappa shape index (κ2) is 3.96. The third kappa shape index (κ3) is 1.62. The molecule has 2 aromatic heterocycles. The molecule has 0 atom stereocenters. The average Bonchev–Trinajstić information content (AvgIpc) is 2.41. The molecule has 0 spiro atoms. The molecule has 0 saturated heterocycles. The van der Waals surface area contributed by atoms with Gasteiger partial charge in [-0.2, -0.15) is 0 Å². The molecule has 0 radical (unpaired) electrons. The fourth-order valence-electron chi connectivity index (χ4n) is 1.95. The van der Waals surface area contributed by atoms with Gasteiger partial charge in [0.15, 0.2) is 0 Å². The third-order valence-corrected chi connectivity index (χ3v) is 2.77. The maximum Gasteiger partial charge on any atom is 0.220 e. The van der Waals surface area contributed by atoms with E-state index >= 15 is 0 Å². The summed E-state index contributed by atoms with van der Waals surface area (Å²) in [6.07, 6.45) is 5.07. The number of nitrogens with zero attached hydrogens (tertiary/aromatic N) is 3. The predicted octanol–water partition coefficient (Wildman–Crippen LogP) is 1.86. The van der Waals surface area contributed by atoms with Crippen molar-refractivity contribution in [2.24, 2.45) is 0 Å². The lowest BCUT2D eigenvalue weighted by Gasteiger charge is -2.08. The van der Waals surface area contributed by atoms with E-state index in [9.17, 15) is 0 Å². The van der Waals surface area contributed by atoms with Crippen molar-refractivity contribution in [2.45, 2.75) is 0 Å². The number of nitrogens with two attached hydrogens (primary N) is 2. The number of pyridine rings is 1. The van der Waals surface area contributed by atoms with Crippen LogP contribution >= 0.6 is 0 Å². The van der Waals surface area contributed by atoms with Gasteiger partial charge in [-0.05, 0) is 11.5 Å². The molecule has 18 heavy (non-hydrogen) atoms. The molecule has 3 rings (SSSR count). The Bertz CT molecular complexity index is 718. The maximum atomic E-state index is 5.92. The molecule has 0 unspecified atom stereocenters. The SMILES string of the molecule is Nc1ncc(N)c(-c2cccc3cnccc23)n1. The average molecular weight is 237 g/mol. The zero-order valence-corrected chi connectivity index (χ0v) is 9.54. The number of hydrogen-bond acceptors (Lipinski definition) is 5. The Kier molecular flexibility index (Phi) is 2.30. The van der Waals surface area contributed by atoms with Crippen LogP contribution in [0.4, 0.5) is 11.6 Å². The standard InChI is InChI=1S/C13H11N5/c14-11-7-17-13(15)18-12(11)10-3-1-2-8-6-16-5-4-9(8)10/h1-7H,14H2,(H2,15,17,18). The van der Waals surface area contributed by atoms with Gasteiger partial charge in [-0.3, -0.25) is 4.98 Å². The molecular formula is C13H11N5. The van der Waals surface area contributed by atoms with Crippen LogP contribution < -0.4 is 11.5 Å². The van der Waals surface area contributed by atoms with Gasteiger partial charge in [-0.15, -0.1) is 0 Å². The van der Waals surface area contributed by atoms with E-state index in [4.69, 9.17) is 11.5 Å². The fourth-order valence-corrected chi connectivity index (χ4v) is 1.95. The van der Waals surface area contributed by atoms with Gasteiger partial charge in [0, 0.05) is 23.3 Å². The summed E-state index contributed by atoms with van der Waals surface area (Å²) < 4.78 is 0. The Morgan fingerprint density at radius 2 is 1.89 bits per heavy atom. The van der Waals surface area contributed by atoms with Gasteiger partial charge in [-0.1, -0.05) is 18.2 Å². The van der Waals surface area contributed by atoms with Crippen molar-refractivity contribution in [1.82, 2.24) is 15.0 Å². The Morgan fingerprint density at radius 1 is 1.00 bits per heavy atom. The molecule has 0 aliphatic heterocycles. The zero-order valence-electron chi connectivity index (χ0n) is 9.54. The Labute approximate surface area is 104 Å². The predicted molar refractivity (Wildman–Crippen MR) is 71.6 cm³/mol. The Morgan fingerprint density at radius 3 is 2.78 bits per heavy atom. The van der Waals surface area contributed by atoms with Crippen molar-refractivity contribution in [1.29, 1.82) is 0 Å². The Balaban J connectivity index is 2.35. The number of benzene rings is 1. The van der Waals surface area contributed by atoms with Crippen LogP contribution in [-0.4, -0.2) is 15.0 Å². The number of aromatic nitrogens is 3. The quantitative estimate of drug-likeness (QED) is 0.674. The number of rotatable bonds is 1. The van der Waals surface area contributed by atoms with E-state index < -0.39 is 0 Å². The van der Waals surface area contributed by atoms with E-state index in [2.05, 4.69) is 15.0 Å². The molecular weight excluding hydrogens is 226 g/mol. The van der Waals surface area contributed by atoms with Crippen molar-refractivity contribution >= 4 is 22.4 Å². The van der Waals surface area contributed by atoms with Crippen LogP contribution in [0.3, 0.4) is 0 Å². The van der Waals surface area contributed by atoms with Crippen LogP contribution in [0.15, 0.2) is 42.9 Å².